The molecule has 3 heterocycles. The van der Waals surface area contributed by atoms with Gasteiger partial charge in [0.1, 0.15) is 0 Å². The van der Waals surface area contributed by atoms with E-state index in [0.29, 0.717) is 35.7 Å². The molecule has 0 saturated carbocycles. The summed E-state index contributed by atoms with van der Waals surface area (Å²) in [5.41, 5.74) is 3.33. The Labute approximate surface area is 208 Å². The first kappa shape index (κ1) is 23.3. The van der Waals surface area contributed by atoms with Crippen LogP contribution in [0.15, 0.2) is 57.6 Å². The molecule has 2 amide bonds. The third-order valence-corrected chi connectivity index (χ3v) is 7.01. The molecule has 182 valence electrons. The van der Waals surface area contributed by atoms with Crippen LogP contribution in [-0.2, 0) is 0 Å². The van der Waals surface area contributed by atoms with Gasteiger partial charge < -0.3 is 19.3 Å². The minimum Gasteiger partial charge on any atom is -0.454 e. The third kappa shape index (κ3) is 4.60. The van der Waals surface area contributed by atoms with Crippen molar-refractivity contribution in [1.29, 1.82) is 0 Å². The van der Waals surface area contributed by atoms with Crippen LogP contribution in [0.1, 0.15) is 44.7 Å². The highest BCUT2D eigenvalue weighted by Gasteiger charge is 2.35. The van der Waals surface area contributed by atoms with Gasteiger partial charge in [-0.3, -0.25) is 4.90 Å². The number of amides is 2. The fourth-order valence-corrected chi connectivity index (χ4v) is 4.66. The van der Waals surface area contributed by atoms with E-state index >= 15 is 0 Å². The van der Waals surface area contributed by atoms with Gasteiger partial charge in [-0.05, 0) is 61.4 Å². The van der Waals surface area contributed by atoms with Crippen LogP contribution < -0.4 is 14.8 Å². The first-order valence-electron chi connectivity index (χ1n) is 11.6. The molecule has 3 aromatic rings. The van der Waals surface area contributed by atoms with Crippen molar-refractivity contribution in [3.8, 4) is 22.9 Å². The summed E-state index contributed by atoms with van der Waals surface area (Å²) in [6, 6.07) is 13.2. The summed E-state index contributed by atoms with van der Waals surface area (Å²) in [7, 11) is 0. The highest BCUT2D eigenvalue weighted by molar-refractivity contribution is 7.98. The van der Waals surface area contributed by atoms with Crippen molar-refractivity contribution in [2.45, 2.75) is 38.1 Å². The van der Waals surface area contributed by atoms with E-state index in [1.165, 1.54) is 0 Å². The molecule has 2 aromatic carbocycles. The number of thioether (sulfide) groups is 1. The van der Waals surface area contributed by atoms with Gasteiger partial charge in [-0.15, -0.1) is 11.8 Å². The Morgan fingerprint density at radius 3 is 2.66 bits per heavy atom. The highest BCUT2D eigenvalue weighted by atomic mass is 32.2. The van der Waals surface area contributed by atoms with Gasteiger partial charge in [-0.1, -0.05) is 31.1 Å². The zero-order chi connectivity index (χ0) is 24.5. The van der Waals surface area contributed by atoms with E-state index < -0.39 is 6.04 Å². The lowest BCUT2D eigenvalue weighted by Gasteiger charge is -2.35. The van der Waals surface area contributed by atoms with Crippen LogP contribution in [-0.4, -0.2) is 40.7 Å². The number of nitrogens with one attached hydrogen (secondary N) is 1. The van der Waals surface area contributed by atoms with Crippen molar-refractivity contribution < 1.29 is 18.8 Å². The van der Waals surface area contributed by atoms with Crippen molar-refractivity contribution in [2.75, 3.05) is 19.6 Å². The Morgan fingerprint density at radius 2 is 1.91 bits per heavy atom. The van der Waals surface area contributed by atoms with Gasteiger partial charge in [0.15, 0.2) is 11.5 Å². The number of fused-ring (bicyclic) bond motifs is 1. The van der Waals surface area contributed by atoms with Gasteiger partial charge in [-0.2, -0.15) is 4.98 Å². The monoisotopic (exact) mass is 492 g/mol. The SMILES string of the molecule is CSc1ccc(C2NC(=O)N(CCC(C)C)C(C)=C2c2nc(-c3ccc4c(c3)OCO4)no2)cc1. The maximum Gasteiger partial charge on any atom is 0.322 e. The smallest absolute Gasteiger partial charge is 0.322 e. The van der Waals surface area contributed by atoms with Crippen LogP contribution in [0, 0.1) is 5.92 Å². The van der Waals surface area contributed by atoms with E-state index in [2.05, 4.69) is 36.5 Å². The van der Waals surface area contributed by atoms with Crippen LogP contribution >= 0.6 is 11.8 Å². The van der Waals surface area contributed by atoms with E-state index in [9.17, 15) is 4.79 Å². The molecule has 0 bridgehead atoms. The normalized spacial score (nSPS) is 17.3. The third-order valence-electron chi connectivity index (χ3n) is 6.26. The Kier molecular flexibility index (Phi) is 6.42. The Morgan fingerprint density at radius 1 is 1.14 bits per heavy atom. The van der Waals surface area contributed by atoms with Crippen LogP contribution in [0.25, 0.3) is 17.0 Å². The lowest BCUT2D eigenvalue weighted by atomic mass is 9.94. The maximum absolute atomic E-state index is 13.1. The maximum atomic E-state index is 13.1. The molecule has 0 aliphatic carbocycles. The molecule has 9 heteroatoms. The van der Waals surface area contributed by atoms with Crippen LogP contribution in [0.2, 0.25) is 0 Å². The topological polar surface area (TPSA) is 89.7 Å². The summed E-state index contributed by atoms with van der Waals surface area (Å²) < 4.78 is 16.7. The standard InChI is InChI=1S/C26H28N4O4S/c1-15(2)11-12-30-16(3)22(23(27-26(30)31)17-5-8-19(35-4)9-6-17)25-28-24(29-34-25)18-7-10-20-21(13-18)33-14-32-20/h5-10,13,15,23H,11-12,14H2,1-4H3,(H,27,31). The number of carbonyl (C=O) groups is 1. The summed E-state index contributed by atoms with van der Waals surface area (Å²) in [5.74, 6) is 2.64. The van der Waals surface area contributed by atoms with Crippen molar-refractivity contribution in [3.05, 3.63) is 59.6 Å². The van der Waals surface area contributed by atoms with Gasteiger partial charge in [0.25, 0.3) is 5.89 Å². The number of hydrogen-bond acceptors (Lipinski definition) is 7. The molecular formula is C26H28N4O4S. The molecule has 35 heavy (non-hydrogen) atoms. The van der Waals surface area contributed by atoms with E-state index in [4.69, 9.17) is 19.0 Å². The second-order valence-electron chi connectivity index (χ2n) is 8.98. The molecule has 2 aliphatic rings. The fourth-order valence-electron chi connectivity index (χ4n) is 4.25. The van der Waals surface area contributed by atoms with Gasteiger partial charge in [0.05, 0.1) is 11.6 Å². The number of urea groups is 1. The van der Waals surface area contributed by atoms with Crippen molar-refractivity contribution in [2.24, 2.45) is 5.92 Å². The summed E-state index contributed by atoms with van der Waals surface area (Å²) >= 11 is 1.67. The van der Waals surface area contributed by atoms with E-state index in [0.717, 1.165) is 33.7 Å². The number of benzene rings is 2. The van der Waals surface area contributed by atoms with E-state index in [1.54, 1.807) is 16.7 Å². The first-order chi connectivity index (χ1) is 16.9. The zero-order valence-corrected chi connectivity index (χ0v) is 21.0. The molecule has 0 fully saturated rings. The van der Waals surface area contributed by atoms with Gasteiger partial charge in [-0.25, -0.2) is 4.79 Å². The van der Waals surface area contributed by atoms with Gasteiger partial charge in [0, 0.05) is 22.7 Å². The Hall–Kier alpha value is -3.46. The van der Waals surface area contributed by atoms with E-state index in [1.807, 2.05) is 43.5 Å². The molecule has 0 spiro atoms. The molecule has 8 nitrogen and oxygen atoms in total. The summed E-state index contributed by atoms with van der Waals surface area (Å²) in [6.45, 7) is 7.05. The van der Waals surface area contributed by atoms with Gasteiger partial charge in [0.2, 0.25) is 12.6 Å². The van der Waals surface area contributed by atoms with Crippen molar-refractivity contribution in [1.82, 2.24) is 20.4 Å². The minimum absolute atomic E-state index is 0.124. The summed E-state index contributed by atoms with van der Waals surface area (Å²) in [6.07, 6.45) is 2.92. The minimum atomic E-state index is -0.404. The lowest BCUT2D eigenvalue weighted by Crippen LogP contribution is -2.46. The number of aromatic nitrogens is 2. The van der Waals surface area contributed by atoms with Gasteiger partial charge >= 0.3 is 6.03 Å². The number of rotatable bonds is 7. The second-order valence-corrected chi connectivity index (χ2v) is 9.86. The summed E-state index contributed by atoms with van der Waals surface area (Å²) in [5, 5.41) is 7.41. The van der Waals surface area contributed by atoms with E-state index in [-0.39, 0.29) is 12.8 Å². The number of carbonyl (C=O) groups excluding carboxylic acids is 1. The molecule has 1 unspecified atom stereocenters. The highest BCUT2D eigenvalue weighted by Crippen LogP contribution is 2.39. The molecule has 0 radical (unpaired) electrons. The predicted octanol–water partition coefficient (Wildman–Crippen LogP) is 5.73. The number of nitrogens with zero attached hydrogens (tertiary/aromatic N) is 3. The van der Waals surface area contributed by atoms with Crippen molar-refractivity contribution >= 4 is 23.4 Å². The quantitative estimate of drug-likeness (QED) is 0.421. The lowest BCUT2D eigenvalue weighted by molar-refractivity contribution is 0.174. The average molecular weight is 493 g/mol. The molecule has 1 aromatic heterocycles. The zero-order valence-electron chi connectivity index (χ0n) is 20.2. The molecule has 1 N–H and O–H groups in total. The average Bonchev–Trinajstić information content (AvgIpc) is 3.53. The fraction of sp³-hybridized carbons (Fsp3) is 0.346. The summed E-state index contributed by atoms with van der Waals surface area (Å²) in [4.78, 5) is 20.8. The second kappa shape index (κ2) is 9.65. The van der Waals surface area contributed by atoms with Crippen LogP contribution in [0.5, 0.6) is 11.5 Å². The molecule has 5 rings (SSSR count). The molecular weight excluding hydrogens is 464 g/mol. The number of ether oxygens (including phenoxy) is 2. The first-order valence-corrected chi connectivity index (χ1v) is 12.8. The van der Waals surface area contributed by atoms with Crippen LogP contribution in [0.4, 0.5) is 4.79 Å². The van der Waals surface area contributed by atoms with Crippen LogP contribution in [0.3, 0.4) is 0 Å². The Bertz CT molecular complexity index is 1270. The number of allylic oxidation sites excluding steroid dienone is 1. The van der Waals surface area contributed by atoms with Crippen molar-refractivity contribution in [3.63, 3.8) is 0 Å². The number of hydrogen-bond donors (Lipinski definition) is 1. The Balaban J connectivity index is 1.55. The molecule has 0 saturated heterocycles. The largest absolute Gasteiger partial charge is 0.454 e. The predicted molar refractivity (Wildman–Crippen MR) is 134 cm³/mol. The molecule has 2 aliphatic heterocycles. The molecule has 1 atom stereocenters.